The van der Waals surface area contributed by atoms with Crippen molar-refractivity contribution in [3.8, 4) is 0 Å². The van der Waals surface area contributed by atoms with E-state index in [2.05, 4.69) is 25.8 Å². The summed E-state index contributed by atoms with van der Waals surface area (Å²) in [6, 6.07) is 0. The van der Waals surface area contributed by atoms with E-state index < -0.39 is 0 Å². The molecule has 10 heavy (non-hydrogen) atoms. The van der Waals surface area contributed by atoms with Crippen molar-refractivity contribution in [1.82, 2.24) is 4.90 Å². The minimum Gasteiger partial charge on any atom is -0.307 e. The maximum absolute atomic E-state index is 8.81. The fourth-order valence-corrected chi connectivity index (χ4v) is 0.540. The normalized spacial score (nSPS) is 8.50. The summed E-state index contributed by atoms with van der Waals surface area (Å²) in [4.78, 5) is 11.1. The van der Waals surface area contributed by atoms with E-state index in [1.165, 1.54) is 26.4 Å². The van der Waals surface area contributed by atoms with E-state index in [-0.39, 0.29) is 0 Å². The highest BCUT2D eigenvalue weighted by Crippen LogP contribution is 1.82. The van der Waals surface area contributed by atoms with Crippen molar-refractivity contribution in [3.05, 3.63) is 0 Å². The topological polar surface area (TPSA) is 20.3 Å². The van der Waals surface area contributed by atoms with Crippen molar-refractivity contribution in [2.24, 2.45) is 0 Å². The fourth-order valence-electron chi connectivity index (χ4n) is 0.540. The Bertz CT molecular complexity index is 64.3. The number of carbonyl (C=O) groups excluding carboxylic acids is 1. The average molecular weight is 145 g/mol. The van der Waals surface area contributed by atoms with E-state index in [9.17, 15) is 0 Å². The minimum atomic E-state index is 0.750. The van der Waals surface area contributed by atoms with Gasteiger partial charge in [0.05, 0.1) is 0 Å². The summed E-state index contributed by atoms with van der Waals surface area (Å²) in [6.45, 7) is 8.23. The van der Waals surface area contributed by atoms with Gasteiger partial charge in [-0.05, 0) is 33.5 Å². The van der Waals surface area contributed by atoms with E-state index in [1.54, 1.807) is 0 Å². The zero-order chi connectivity index (χ0) is 8.41. The summed E-state index contributed by atoms with van der Waals surface area (Å²) >= 11 is 0. The Morgan fingerprint density at radius 1 is 1.40 bits per heavy atom. The van der Waals surface area contributed by atoms with Crippen molar-refractivity contribution in [1.29, 1.82) is 0 Å². The second-order valence-electron chi connectivity index (χ2n) is 2.13. The van der Waals surface area contributed by atoms with Gasteiger partial charge in [-0.25, -0.2) is 0 Å². The molecule has 0 aliphatic rings. The van der Waals surface area contributed by atoms with Crippen LogP contribution in [-0.4, -0.2) is 31.3 Å². The van der Waals surface area contributed by atoms with Crippen molar-refractivity contribution < 1.29 is 4.79 Å². The summed E-state index contributed by atoms with van der Waals surface area (Å²) in [5, 5.41) is 0. The molecule has 0 aromatic heterocycles. The van der Waals surface area contributed by atoms with Crippen molar-refractivity contribution in [3.63, 3.8) is 0 Å². The Kier molecular flexibility index (Phi) is 14.1. The molecule has 2 heteroatoms. The molecule has 62 valence electrons. The molecule has 0 fully saturated rings. The van der Waals surface area contributed by atoms with Crippen LogP contribution in [0.1, 0.15) is 27.2 Å². The van der Waals surface area contributed by atoms with Gasteiger partial charge in [0, 0.05) is 0 Å². The first kappa shape index (κ1) is 12.3. The van der Waals surface area contributed by atoms with Gasteiger partial charge in [-0.2, -0.15) is 0 Å². The number of hydrogen-bond donors (Lipinski definition) is 0. The minimum absolute atomic E-state index is 0.750. The summed E-state index contributed by atoms with van der Waals surface area (Å²) in [5.41, 5.74) is 0. The first-order valence-electron chi connectivity index (χ1n) is 3.81. The predicted molar refractivity (Wildman–Crippen MR) is 45.2 cm³/mol. The van der Waals surface area contributed by atoms with E-state index in [0.717, 1.165) is 6.29 Å². The van der Waals surface area contributed by atoms with Crippen LogP contribution >= 0.6 is 0 Å². The second kappa shape index (κ2) is 11.4. The highest BCUT2D eigenvalue weighted by Gasteiger charge is 1.86. The molecule has 0 rings (SSSR count). The van der Waals surface area contributed by atoms with Crippen LogP contribution in [0.25, 0.3) is 0 Å². The molecule has 0 aliphatic heterocycles. The Morgan fingerprint density at radius 3 is 1.90 bits per heavy atom. The monoisotopic (exact) mass is 145 g/mol. The van der Waals surface area contributed by atoms with Gasteiger partial charge < -0.3 is 9.69 Å². The van der Waals surface area contributed by atoms with Crippen LogP contribution in [0.5, 0.6) is 0 Å². The second-order valence-corrected chi connectivity index (χ2v) is 2.13. The van der Waals surface area contributed by atoms with Crippen molar-refractivity contribution in [2.75, 3.05) is 20.1 Å². The Morgan fingerprint density at radius 2 is 1.80 bits per heavy atom. The van der Waals surface area contributed by atoms with Gasteiger partial charge in [0.25, 0.3) is 0 Å². The molecule has 0 spiro atoms. The van der Waals surface area contributed by atoms with E-state index in [0.29, 0.717) is 0 Å². The smallest absolute Gasteiger partial charge is 0.116 e. The maximum atomic E-state index is 8.81. The molecule has 0 N–H and O–H groups in total. The van der Waals surface area contributed by atoms with Gasteiger partial charge in [-0.15, -0.1) is 0 Å². The van der Waals surface area contributed by atoms with E-state index in [1.807, 2.05) is 0 Å². The molecule has 0 atom stereocenters. The molecule has 0 aromatic rings. The van der Waals surface area contributed by atoms with Crippen LogP contribution in [-0.2, 0) is 4.79 Å². The zero-order valence-corrected chi connectivity index (χ0v) is 7.55. The van der Waals surface area contributed by atoms with E-state index >= 15 is 0 Å². The third kappa shape index (κ3) is 15.6. The molecule has 0 aromatic carbocycles. The molecular formula is C8H19NO. The molecule has 0 heterocycles. The number of aldehydes is 1. The van der Waals surface area contributed by atoms with Gasteiger partial charge in [0.1, 0.15) is 6.29 Å². The Labute approximate surface area is 64.2 Å². The predicted octanol–water partition coefficient (Wildman–Crippen LogP) is 1.55. The van der Waals surface area contributed by atoms with Crippen LogP contribution in [0.2, 0.25) is 0 Å². The third-order valence-corrected chi connectivity index (χ3v) is 1.15. The lowest BCUT2D eigenvalue weighted by atomic mass is 10.4. The first-order valence-corrected chi connectivity index (χ1v) is 3.81. The quantitative estimate of drug-likeness (QED) is 0.562. The highest BCUT2D eigenvalue weighted by atomic mass is 16.1. The van der Waals surface area contributed by atoms with Crippen LogP contribution in [0.4, 0.5) is 0 Å². The summed E-state index contributed by atoms with van der Waals surface area (Å²) in [5.74, 6) is 0. The van der Waals surface area contributed by atoms with Gasteiger partial charge >= 0.3 is 0 Å². The van der Waals surface area contributed by atoms with Crippen LogP contribution in [0.15, 0.2) is 0 Å². The SMILES string of the molecule is CC=O.CCCN(C)CC. The van der Waals surface area contributed by atoms with Crippen molar-refractivity contribution in [2.45, 2.75) is 27.2 Å². The lowest BCUT2D eigenvalue weighted by Gasteiger charge is -2.10. The van der Waals surface area contributed by atoms with Gasteiger partial charge in [0.15, 0.2) is 0 Å². The van der Waals surface area contributed by atoms with Crippen LogP contribution in [0, 0.1) is 0 Å². The molecule has 0 unspecified atom stereocenters. The summed E-state index contributed by atoms with van der Waals surface area (Å²) in [6.07, 6.45) is 2.02. The van der Waals surface area contributed by atoms with E-state index in [4.69, 9.17) is 4.79 Å². The van der Waals surface area contributed by atoms with Gasteiger partial charge in [-0.3, -0.25) is 0 Å². The maximum Gasteiger partial charge on any atom is 0.116 e. The third-order valence-electron chi connectivity index (χ3n) is 1.15. The molecule has 0 radical (unpaired) electrons. The lowest BCUT2D eigenvalue weighted by molar-refractivity contribution is -0.106. The highest BCUT2D eigenvalue weighted by molar-refractivity contribution is 5.44. The Balaban J connectivity index is 0. The van der Waals surface area contributed by atoms with Gasteiger partial charge in [-0.1, -0.05) is 13.8 Å². The molecule has 0 saturated heterocycles. The lowest BCUT2D eigenvalue weighted by Crippen LogP contribution is -2.17. The number of rotatable bonds is 3. The van der Waals surface area contributed by atoms with Gasteiger partial charge in [0.2, 0.25) is 0 Å². The van der Waals surface area contributed by atoms with Crippen LogP contribution in [0.3, 0.4) is 0 Å². The van der Waals surface area contributed by atoms with Crippen LogP contribution < -0.4 is 0 Å². The Hall–Kier alpha value is -0.370. The average Bonchev–Trinajstić information content (AvgIpc) is 1.90. The standard InChI is InChI=1S/C6H15N.C2H4O/c1-4-6-7(3)5-2;1-2-3/h4-6H2,1-3H3;2H,1H3. The molecule has 2 nitrogen and oxygen atoms in total. The molecule has 0 amide bonds. The molecule has 0 saturated carbocycles. The molecule has 0 bridgehead atoms. The molecule has 0 aliphatic carbocycles. The zero-order valence-electron chi connectivity index (χ0n) is 7.55. The summed E-state index contributed by atoms with van der Waals surface area (Å²) < 4.78 is 0. The number of hydrogen-bond acceptors (Lipinski definition) is 2. The fraction of sp³-hybridized carbons (Fsp3) is 0.875. The number of nitrogens with zero attached hydrogens (tertiary/aromatic N) is 1. The van der Waals surface area contributed by atoms with Crippen molar-refractivity contribution >= 4 is 6.29 Å². The molecular weight excluding hydrogens is 126 g/mol. The number of carbonyl (C=O) groups is 1. The first-order chi connectivity index (χ1) is 4.72. The largest absolute Gasteiger partial charge is 0.307 e. The summed E-state index contributed by atoms with van der Waals surface area (Å²) in [7, 11) is 2.14.